The number of halogens is 4. The molecule has 24 heavy (non-hydrogen) atoms. The van der Waals surface area contributed by atoms with Crippen LogP contribution in [0.2, 0.25) is 0 Å². The first-order valence-corrected chi connectivity index (χ1v) is 7.09. The predicted molar refractivity (Wildman–Crippen MR) is 77.6 cm³/mol. The van der Waals surface area contributed by atoms with Gasteiger partial charge in [-0.1, -0.05) is 0 Å². The van der Waals surface area contributed by atoms with Gasteiger partial charge in [0.05, 0.1) is 5.56 Å². The number of alkyl halides is 3. The Kier molecular flexibility index (Phi) is 6.70. The fourth-order valence-corrected chi connectivity index (χ4v) is 2.03. The monoisotopic (exact) mass is 350 g/mol. The lowest BCUT2D eigenvalue weighted by atomic mass is 10.1. The highest BCUT2D eigenvalue weighted by Crippen LogP contribution is 2.30. The van der Waals surface area contributed by atoms with E-state index in [1.807, 2.05) is 0 Å². The molecule has 134 valence electrons. The molecule has 0 bridgehead atoms. The zero-order chi connectivity index (χ0) is 18.5. The summed E-state index contributed by atoms with van der Waals surface area (Å²) in [4.78, 5) is 23.3. The van der Waals surface area contributed by atoms with Crippen LogP contribution in [0.25, 0.3) is 0 Å². The standard InChI is InChI=1S/C15H18F4N2O3/c1-9(14(23)24)21(6-5-20-10(2)22)8-11-7-12(15(17,18)19)3-4-13(11)16/h3-4,7,9H,5-6,8H2,1-2H3,(H,20,22)(H,23,24). The Bertz CT molecular complexity index is 605. The van der Waals surface area contributed by atoms with Crippen LogP contribution in [0.3, 0.4) is 0 Å². The van der Waals surface area contributed by atoms with Gasteiger partial charge >= 0.3 is 12.1 Å². The number of carboxylic acids is 1. The first-order chi connectivity index (χ1) is 11.0. The molecule has 1 aromatic rings. The molecule has 0 aliphatic heterocycles. The quantitative estimate of drug-likeness (QED) is 0.740. The largest absolute Gasteiger partial charge is 0.480 e. The van der Waals surface area contributed by atoms with Crippen LogP contribution in [-0.2, 0) is 22.3 Å². The summed E-state index contributed by atoms with van der Waals surface area (Å²) in [6, 6.07) is 0.930. The number of amides is 1. The van der Waals surface area contributed by atoms with Crippen molar-refractivity contribution in [2.75, 3.05) is 13.1 Å². The highest BCUT2D eigenvalue weighted by atomic mass is 19.4. The minimum atomic E-state index is -4.62. The van der Waals surface area contributed by atoms with Gasteiger partial charge in [0.15, 0.2) is 0 Å². The normalized spacial score (nSPS) is 13.0. The van der Waals surface area contributed by atoms with Crippen molar-refractivity contribution < 1.29 is 32.3 Å². The minimum Gasteiger partial charge on any atom is -0.480 e. The zero-order valence-electron chi connectivity index (χ0n) is 13.2. The second-order valence-electron chi connectivity index (χ2n) is 5.27. The van der Waals surface area contributed by atoms with Crippen molar-refractivity contribution in [1.29, 1.82) is 0 Å². The molecular formula is C15H18F4N2O3. The van der Waals surface area contributed by atoms with E-state index in [2.05, 4.69) is 5.32 Å². The number of rotatable bonds is 7. The highest BCUT2D eigenvalue weighted by Gasteiger charge is 2.31. The number of hydrogen-bond donors (Lipinski definition) is 2. The van der Waals surface area contributed by atoms with Crippen molar-refractivity contribution in [1.82, 2.24) is 10.2 Å². The number of hydrogen-bond acceptors (Lipinski definition) is 3. The lowest BCUT2D eigenvalue weighted by molar-refractivity contribution is -0.143. The Morgan fingerprint density at radius 2 is 1.96 bits per heavy atom. The first kappa shape index (κ1) is 19.9. The Balaban J connectivity index is 3.00. The van der Waals surface area contributed by atoms with Gasteiger partial charge in [0.2, 0.25) is 5.91 Å². The molecule has 0 aromatic heterocycles. The van der Waals surface area contributed by atoms with E-state index in [-0.39, 0.29) is 31.1 Å². The van der Waals surface area contributed by atoms with E-state index in [9.17, 15) is 27.2 Å². The summed E-state index contributed by atoms with van der Waals surface area (Å²) in [6.45, 7) is 2.41. The molecule has 2 N–H and O–H groups in total. The molecule has 1 unspecified atom stereocenters. The van der Waals surface area contributed by atoms with Crippen LogP contribution in [0.5, 0.6) is 0 Å². The fourth-order valence-electron chi connectivity index (χ4n) is 2.03. The van der Waals surface area contributed by atoms with Gasteiger partial charge in [0.25, 0.3) is 0 Å². The number of carbonyl (C=O) groups is 2. The third kappa shape index (κ3) is 5.80. The van der Waals surface area contributed by atoms with Gasteiger partial charge in [-0.25, -0.2) is 4.39 Å². The van der Waals surface area contributed by atoms with Crippen LogP contribution in [0, 0.1) is 5.82 Å². The fraction of sp³-hybridized carbons (Fsp3) is 0.467. The molecule has 0 spiro atoms. The Morgan fingerprint density at radius 3 is 2.46 bits per heavy atom. The average Bonchev–Trinajstić information content (AvgIpc) is 2.45. The predicted octanol–water partition coefficient (Wildman–Crippen LogP) is 2.26. The van der Waals surface area contributed by atoms with Crippen LogP contribution in [0.4, 0.5) is 17.6 Å². The molecule has 9 heteroatoms. The first-order valence-electron chi connectivity index (χ1n) is 7.09. The second kappa shape index (κ2) is 8.09. The topological polar surface area (TPSA) is 69.6 Å². The minimum absolute atomic E-state index is 0.0444. The molecule has 1 rings (SSSR count). The number of nitrogens with zero attached hydrogens (tertiary/aromatic N) is 1. The van der Waals surface area contributed by atoms with E-state index in [0.717, 1.165) is 0 Å². The Hall–Kier alpha value is -2.16. The van der Waals surface area contributed by atoms with Crippen LogP contribution in [-0.4, -0.2) is 41.0 Å². The maximum atomic E-state index is 13.8. The van der Waals surface area contributed by atoms with Crippen LogP contribution in [0.15, 0.2) is 18.2 Å². The maximum Gasteiger partial charge on any atom is 0.416 e. The van der Waals surface area contributed by atoms with Crippen molar-refractivity contribution in [3.63, 3.8) is 0 Å². The van der Waals surface area contributed by atoms with Gasteiger partial charge in [-0.05, 0) is 25.1 Å². The number of aliphatic carboxylic acids is 1. The number of carboxylic acid groups (broad SMARTS) is 1. The molecule has 5 nitrogen and oxygen atoms in total. The van der Waals surface area contributed by atoms with E-state index in [1.165, 1.54) is 18.7 Å². The molecular weight excluding hydrogens is 332 g/mol. The SMILES string of the molecule is CC(=O)NCCN(Cc1cc(C(F)(F)F)ccc1F)C(C)C(=O)O. The molecule has 1 amide bonds. The molecule has 1 atom stereocenters. The molecule has 0 aliphatic rings. The summed E-state index contributed by atoms with van der Waals surface area (Å²) in [5.74, 6) is -2.39. The molecule has 0 saturated carbocycles. The van der Waals surface area contributed by atoms with Crippen molar-refractivity contribution in [2.45, 2.75) is 32.6 Å². The summed E-state index contributed by atoms with van der Waals surface area (Å²) in [5.41, 5.74) is -1.27. The molecule has 0 fully saturated rings. The lowest BCUT2D eigenvalue weighted by Crippen LogP contribution is -2.43. The third-order valence-electron chi connectivity index (χ3n) is 3.42. The summed E-state index contributed by atoms with van der Waals surface area (Å²) in [5, 5.41) is 11.5. The number of carbonyl (C=O) groups excluding carboxylic acids is 1. The van der Waals surface area contributed by atoms with E-state index >= 15 is 0 Å². The summed E-state index contributed by atoms with van der Waals surface area (Å²) in [6.07, 6.45) is -4.62. The van der Waals surface area contributed by atoms with Gasteiger partial charge in [-0.3, -0.25) is 14.5 Å². The summed E-state index contributed by atoms with van der Waals surface area (Å²) >= 11 is 0. The Labute approximate surface area is 136 Å². The summed E-state index contributed by atoms with van der Waals surface area (Å²) < 4.78 is 52.0. The van der Waals surface area contributed by atoms with Crippen LogP contribution >= 0.6 is 0 Å². The van der Waals surface area contributed by atoms with E-state index < -0.39 is 29.6 Å². The summed E-state index contributed by atoms with van der Waals surface area (Å²) in [7, 11) is 0. The zero-order valence-corrected chi connectivity index (χ0v) is 13.2. The van der Waals surface area contributed by atoms with Crippen LogP contribution < -0.4 is 5.32 Å². The molecule has 0 saturated heterocycles. The number of nitrogens with one attached hydrogen (secondary N) is 1. The molecule has 0 radical (unpaired) electrons. The van der Waals surface area contributed by atoms with Gasteiger partial charge in [-0.2, -0.15) is 13.2 Å². The van der Waals surface area contributed by atoms with E-state index in [0.29, 0.717) is 18.2 Å². The molecule has 0 heterocycles. The van der Waals surface area contributed by atoms with E-state index in [1.54, 1.807) is 0 Å². The maximum absolute atomic E-state index is 13.8. The van der Waals surface area contributed by atoms with Crippen molar-refractivity contribution >= 4 is 11.9 Å². The van der Waals surface area contributed by atoms with Gasteiger partial charge < -0.3 is 10.4 Å². The van der Waals surface area contributed by atoms with Gasteiger partial charge in [0, 0.05) is 32.1 Å². The Morgan fingerprint density at radius 1 is 1.33 bits per heavy atom. The highest BCUT2D eigenvalue weighted by molar-refractivity contribution is 5.73. The second-order valence-corrected chi connectivity index (χ2v) is 5.27. The lowest BCUT2D eigenvalue weighted by Gasteiger charge is -2.26. The molecule has 0 aliphatic carbocycles. The van der Waals surface area contributed by atoms with E-state index in [4.69, 9.17) is 5.11 Å². The van der Waals surface area contributed by atoms with Crippen molar-refractivity contribution in [3.05, 3.63) is 35.1 Å². The van der Waals surface area contributed by atoms with Gasteiger partial charge in [-0.15, -0.1) is 0 Å². The average molecular weight is 350 g/mol. The van der Waals surface area contributed by atoms with Gasteiger partial charge in [0.1, 0.15) is 11.9 Å². The third-order valence-corrected chi connectivity index (χ3v) is 3.42. The van der Waals surface area contributed by atoms with Crippen molar-refractivity contribution in [2.24, 2.45) is 0 Å². The van der Waals surface area contributed by atoms with Crippen molar-refractivity contribution in [3.8, 4) is 0 Å². The van der Waals surface area contributed by atoms with Crippen LogP contribution in [0.1, 0.15) is 25.0 Å². The molecule has 1 aromatic carbocycles. The number of benzene rings is 1. The smallest absolute Gasteiger partial charge is 0.416 e.